The Kier molecular flexibility index (Phi) is 4.74. The Bertz CT molecular complexity index is 561. The first-order valence-electron chi connectivity index (χ1n) is 5.56. The molecule has 0 aliphatic carbocycles. The van der Waals surface area contributed by atoms with E-state index in [4.69, 9.17) is 0 Å². The fraction of sp³-hybridized carbons (Fsp3) is 0.300. The van der Waals surface area contributed by atoms with Crippen LogP contribution in [-0.4, -0.2) is 32.2 Å². The summed E-state index contributed by atoms with van der Waals surface area (Å²) in [6, 6.07) is 1.70. The number of carbonyl (C=O) groups is 1. The van der Waals surface area contributed by atoms with Crippen LogP contribution in [0.4, 0.5) is 10.9 Å². The molecule has 0 aliphatic rings. The van der Waals surface area contributed by atoms with Gasteiger partial charge in [0.05, 0.1) is 5.56 Å². The predicted molar refractivity (Wildman–Crippen MR) is 76.4 cm³/mol. The first kappa shape index (κ1) is 13.8. The minimum Gasteiger partial charge on any atom is -0.369 e. The minimum absolute atomic E-state index is 0.300. The largest absolute Gasteiger partial charge is 0.369 e. The monoisotopic (exact) mass is 342 g/mol. The molecule has 0 aliphatic heterocycles. The zero-order valence-electron chi connectivity index (χ0n) is 10.1. The summed E-state index contributed by atoms with van der Waals surface area (Å²) < 4.78 is 4.32. The summed E-state index contributed by atoms with van der Waals surface area (Å²) in [7, 11) is 0. The molecule has 2 aromatic heterocycles. The lowest BCUT2D eigenvalue weighted by Crippen LogP contribution is -2.16. The Labute approximate surface area is 122 Å². The van der Waals surface area contributed by atoms with Gasteiger partial charge >= 0.3 is 0 Å². The molecule has 1 amide bonds. The summed E-state index contributed by atoms with van der Waals surface area (Å²) >= 11 is 4.32. The fourth-order valence-electron chi connectivity index (χ4n) is 1.34. The molecule has 0 unspecified atom stereocenters. The highest BCUT2D eigenvalue weighted by molar-refractivity contribution is 9.10. The van der Waals surface area contributed by atoms with Crippen LogP contribution in [0.25, 0.3) is 0 Å². The van der Waals surface area contributed by atoms with Crippen LogP contribution >= 0.6 is 27.5 Å². The third-order valence-electron chi connectivity index (χ3n) is 2.16. The van der Waals surface area contributed by atoms with E-state index in [1.807, 2.05) is 6.92 Å². The average molecular weight is 343 g/mol. The normalized spacial score (nSPS) is 10.2. The summed E-state index contributed by atoms with van der Waals surface area (Å²) in [4.78, 5) is 16.3. The van der Waals surface area contributed by atoms with E-state index in [1.165, 1.54) is 0 Å². The van der Waals surface area contributed by atoms with Gasteiger partial charge in [-0.05, 0) is 33.6 Å². The summed E-state index contributed by atoms with van der Waals surface area (Å²) in [5.74, 6) is 0.242. The van der Waals surface area contributed by atoms with E-state index in [-0.39, 0.29) is 5.91 Å². The van der Waals surface area contributed by atoms with Gasteiger partial charge in [-0.1, -0.05) is 16.5 Å². The van der Waals surface area contributed by atoms with Gasteiger partial charge in [0.2, 0.25) is 5.13 Å². The first-order chi connectivity index (χ1) is 9.20. The molecule has 7 nitrogen and oxygen atoms in total. The summed E-state index contributed by atoms with van der Waals surface area (Å²) in [5.41, 5.74) is 0.443. The van der Waals surface area contributed by atoms with E-state index in [0.29, 0.717) is 16.5 Å². The van der Waals surface area contributed by atoms with Gasteiger partial charge in [0.25, 0.3) is 5.91 Å². The van der Waals surface area contributed by atoms with Crippen LogP contribution in [0, 0.1) is 0 Å². The third-order valence-corrected chi connectivity index (χ3v) is 3.11. The van der Waals surface area contributed by atoms with Crippen LogP contribution in [0.2, 0.25) is 0 Å². The molecule has 0 spiro atoms. The SMILES string of the molecule is CCCNc1ncc(Br)cc1C(=O)Nc1nnns1. The number of hydrogen-bond acceptors (Lipinski definition) is 7. The number of amides is 1. The molecule has 2 aromatic rings. The smallest absolute Gasteiger partial charge is 0.261 e. The molecule has 0 saturated heterocycles. The van der Waals surface area contributed by atoms with Crippen molar-refractivity contribution in [3.63, 3.8) is 0 Å². The van der Waals surface area contributed by atoms with Crippen molar-refractivity contribution in [2.45, 2.75) is 13.3 Å². The maximum atomic E-state index is 12.1. The van der Waals surface area contributed by atoms with Gasteiger partial charge in [0.1, 0.15) is 5.82 Å². The van der Waals surface area contributed by atoms with Gasteiger partial charge in [-0.2, -0.15) is 0 Å². The molecule has 100 valence electrons. The van der Waals surface area contributed by atoms with E-state index in [9.17, 15) is 4.79 Å². The number of hydrogen-bond donors (Lipinski definition) is 2. The molecular formula is C10H11BrN6OS. The van der Waals surface area contributed by atoms with Crippen LogP contribution in [0.1, 0.15) is 23.7 Å². The standard InChI is InChI=1S/C10H11BrN6OS/c1-2-3-12-8-7(4-6(11)5-13-8)9(18)14-10-15-16-17-19-10/h4-5H,2-3H2,1H3,(H,12,13)(H,14,15,17,18). The topological polar surface area (TPSA) is 92.7 Å². The van der Waals surface area contributed by atoms with E-state index in [0.717, 1.165) is 29.0 Å². The van der Waals surface area contributed by atoms with Gasteiger partial charge in [0.15, 0.2) is 0 Å². The van der Waals surface area contributed by atoms with Gasteiger partial charge in [-0.3, -0.25) is 10.1 Å². The van der Waals surface area contributed by atoms with Crippen molar-refractivity contribution < 1.29 is 4.79 Å². The molecule has 19 heavy (non-hydrogen) atoms. The lowest BCUT2D eigenvalue weighted by atomic mass is 10.2. The molecule has 0 aromatic carbocycles. The summed E-state index contributed by atoms with van der Waals surface area (Å²) in [6.45, 7) is 2.79. The van der Waals surface area contributed by atoms with Gasteiger partial charge in [-0.25, -0.2) is 4.98 Å². The van der Waals surface area contributed by atoms with Crippen molar-refractivity contribution in [2.75, 3.05) is 17.2 Å². The molecular weight excluding hydrogens is 332 g/mol. The highest BCUT2D eigenvalue weighted by Crippen LogP contribution is 2.19. The zero-order valence-corrected chi connectivity index (χ0v) is 12.5. The highest BCUT2D eigenvalue weighted by Gasteiger charge is 2.15. The Hall–Kier alpha value is -1.61. The van der Waals surface area contributed by atoms with E-state index in [2.05, 4.69) is 46.3 Å². The second-order valence-electron chi connectivity index (χ2n) is 3.60. The third kappa shape index (κ3) is 3.67. The maximum Gasteiger partial charge on any atom is 0.261 e. The Morgan fingerprint density at radius 2 is 2.37 bits per heavy atom. The number of rotatable bonds is 5. The van der Waals surface area contributed by atoms with Crippen LogP contribution in [0.3, 0.4) is 0 Å². The molecule has 2 rings (SSSR count). The van der Waals surface area contributed by atoms with Crippen molar-refractivity contribution in [2.24, 2.45) is 0 Å². The first-order valence-corrected chi connectivity index (χ1v) is 7.13. The molecule has 9 heteroatoms. The van der Waals surface area contributed by atoms with Crippen molar-refractivity contribution in [1.82, 2.24) is 19.8 Å². The quantitative estimate of drug-likeness (QED) is 0.864. The lowest BCUT2D eigenvalue weighted by molar-refractivity contribution is 0.102. The molecule has 0 atom stereocenters. The van der Waals surface area contributed by atoms with Crippen molar-refractivity contribution in [3.05, 3.63) is 22.3 Å². The zero-order chi connectivity index (χ0) is 13.7. The number of pyridine rings is 1. The maximum absolute atomic E-state index is 12.1. The van der Waals surface area contributed by atoms with Crippen LogP contribution < -0.4 is 10.6 Å². The van der Waals surface area contributed by atoms with Gasteiger partial charge < -0.3 is 5.32 Å². The second-order valence-corrected chi connectivity index (χ2v) is 5.25. The number of carbonyl (C=O) groups excluding carboxylic acids is 1. The fourth-order valence-corrected chi connectivity index (χ4v) is 2.04. The molecule has 2 N–H and O–H groups in total. The molecule has 0 saturated carbocycles. The van der Waals surface area contributed by atoms with Crippen LogP contribution in [0.5, 0.6) is 0 Å². The Morgan fingerprint density at radius 3 is 3.05 bits per heavy atom. The molecule has 2 heterocycles. The minimum atomic E-state index is -0.300. The Morgan fingerprint density at radius 1 is 1.53 bits per heavy atom. The summed E-state index contributed by atoms with van der Waals surface area (Å²) in [5, 5.41) is 13.2. The second kappa shape index (κ2) is 6.53. The highest BCUT2D eigenvalue weighted by atomic mass is 79.9. The van der Waals surface area contributed by atoms with E-state index >= 15 is 0 Å². The van der Waals surface area contributed by atoms with Crippen molar-refractivity contribution in [3.8, 4) is 0 Å². The summed E-state index contributed by atoms with van der Waals surface area (Å²) in [6.07, 6.45) is 2.58. The number of anilines is 2. The van der Waals surface area contributed by atoms with Gasteiger partial charge in [-0.15, -0.1) is 0 Å². The number of halogens is 1. The van der Waals surface area contributed by atoms with Crippen LogP contribution in [0.15, 0.2) is 16.7 Å². The molecule has 0 bridgehead atoms. The van der Waals surface area contributed by atoms with Crippen molar-refractivity contribution in [1.29, 1.82) is 0 Å². The lowest BCUT2D eigenvalue weighted by Gasteiger charge is -2.09. The van der Waals surface area contributed by atoms with Crippen molar-refractivity contribution >= 4 is 44.3 Å². The Balaban J connectivity index is 2.21. The number of nitrogens with zero attached hydrogens (tertiary/aromatic N) is 4. The molecule has 0 fully saturated rings. The van der Waals surface area contributed by atoms with E-state index in [1.54, 1.807) is 12.3 Å². The predicted octanol–water partition coefficient (Wildman–Crippen LogP) is 2.16. The van der Waals surface area contributed by atoms with Crippen LogP contribution in [-0.2, 0) is 0 Å². The number of aromatic nitrogens is 4. The molecule has 0 radical (unpaired) electrons. The average Bonchev–Trinajstić information content (AvgIpc) is 2.90. The van der Waals surface area contributed by atoms with E-state index < -0.39 is 0 Å². The number of nitrogens with one attached hydrogen (secondary N) is 2. The van der Waals surface area contributed by atoms with Gasteiger partial charge in [0, 0.05) is 28.7 Å².